The second kappa shape index (κ2) is 26.0. The highest BCUT2D eigenvalue weighted by Gasteiger charge is 2.45. The number of benzene rings is 16. The van der Waals surface area contributed by atoms with E-state index in [2.05, 4.69) is 420 Å². The molecule has 2 aliphatic rings. The summed E-state index contributed by atoms with van der Waals surface area (Å²) in [4.78, 5) is 5.32. The predicted octanol–water partition coefficient (Wildman–Crippen LogP) is 27.2. The van der Waals surface area contributed by atoms with Gasteiger partial charge in [-0.05, 0) is 172 Å². The van der Waals surface area contributed by atoms with E-state index in [1.807, 2.05) is 11.3 Å². The van der Waals surface area contributed by atoms with Crippen LogP contribution in [0.4, 0.5) is 34.1 Å². The molecule has 4 heterocycles. The van der Waals surface area contributed by atoms with Crippen LogP contribution >= 0.6 is 11.3 Å². The molecule has 0 N–H and O–H groups in total. The van der Waals surface area contributed by atoms with E-state index in [0.29, 0.717) is 0 Å². The molecular weight excluding hydrogens is 1330 g/mol. The largest absolute Gasteiger partial charge is 0.311 e. The molecule has 3 nitrogen and oxygen atoms in total. The van der Waals surface area contributed by atoms with Gasteiger partial charge in [-0.15, -0.1) is 11.3 Å². The van der Waals surface area contributed by atoms with Gasteiger partial charge in [-0.3, -0.25) is 0 Å². The number of thiophene rings is 1. The van der Waals surface area contributed by atoms with Gasteiger partial charge in [0.1, 0.15) is 0 Å². The second-order valence-electron chi connectivity index (χ2n) is 31.5. The van der Waals surface area contributed by atoms with E-state index in [-0.39, 0.29) is 17.5 Å². The molecule has 518 valence electrons. The number of hydrogen-bond acceptors (Lipinski definition) is 3. The quantitative estimate of drug-likeness (QED) is 0.120. The van der Waals surface area contributed by atoms with Gasteiger partial charge in [0.05, 0.1) is 22.4 Å². The number of aromatic nitrogens is 1. The maximum atomic E-state index is 2.68. The first-order chi connectivity index (χ1) is 53.3. The Morgan fingerprint density at radius 3 is 1.28 bits per heavy atom. The Kier molecular flexibility index (Phi) is 15.7. The molecule has 0 aliphatic carbocycles. The summed E-state index contributed by atoms with van der Waals surface area (Å²) in [5.41, 5.74) is 34.6. The van der Waals surface area contributed by atoms with Gasteiger partial charge < -0.3 is 14.4 Å². The SMILES string of the molecule is CC(C)(C)c1ccc2c3ccc(C(C)(C)C)cc3n(-c3cccc(-c4cccc5c4sc4ccccc45)c3-c3ccc4c(c3)B3c5ccc(-c6ccccc6)cc5N(c5c(-c6ccccc6)cccc5-c5ccccc5)c5cc(-c6ccccc6)cc(c53)N4c3cc(-c4ccccc4)cc(-c4ccccc4)c3)c2c1. The number of nitrogens with zero attached hydrogens (tertiary/aromatic N) is 3. The van der Waals surface area contributed by atoms with E-state index in [4.69, 9.17) is 0 Å². The summed E-state index contributed by atoms with van der Waals surface area (Å²) < 4.78 is 5.19. The Balaban J connectivity index is 0.951. The summed E-state index contributed by atoms with van der Waals surface area (Å²) in [6.07, 6.45) is 0. The molecule has 2 aliphatic heterocycles. The summed E-state index contributed by atoms with van der Waals surface area (Å²) in [5, 5.41) is 5.02. The van der Waals surface area contributed by atoms with Crippen molar-refractivity contribution in [1.29, 1.82) is 0 Å². The number of para-hydroxylation sites is 1. The molecule has 20 rings (SSSR count). The lowest BCUT2D eigenvalue weighted by atomic mass is 9.33. The summed E-state index contributed by atoms with van der Waals surface area (Å²) >= 11 is 1.90. The minimum absolute atomic E-state index is 0.113. The molecule has 109 heavy (non-hydrogen) atoms. The van der Waals surface area contributed by atoms with Crippen molar-refractivity contribution in [3.8, 4) is 94.7 Å². The fourth-order valence-electron chi connectivity index (χ4n) is 17.5. The fourth-order valence-corrected chi connectivity index (χ4v) is 18.8. The van der Waals surface area contributed by atoms with Crippen molar-refractivity contribution in [2.75, 3.05) is 9.80 Å². The summed E-state index contributed by atoms with van der Waals surface area (Å²) in [7, 11) is 0. The van der Waals surface area contributed by atoms with Crippen LogP contribution in [-0.2, 0) is 10.8 Å². The smallest absolute Gasteiger partial charge is 0.252 e. The van der Waals surface area contributed by atoms with Crippen LogP contribution in [0, 0.1) is 0 Å². The van der Waals surface area contributed by atoms with Crippen molar-refractivity contribution in [2.24, 2.45) is 0 Å². The van der Waals surface area contributed by atoms with E-state index in [1.165, 1.54) is 86.2 Å². The summed E-state index contributed by atoms with van der Waals surface area (Å²) in [6, 6.07) is 138. The van der Waals surface area contributed by atoms with Crippen LogP contribution in [0.3, 0.4) is 0 Å². The maximum Gasteiger partial charge on any atom is 0.252 e. The Bertz CT molecular complexity index is 6420. The van der Waals surface area contributed by atoms with Gasteiger partial charge in [0, 0.05) is 81.6 Å². The Morgan fingerprint density at radius 1 is 0.266 bits per heavy atom. The van der Waals surface area contributed by atoms with Gasteiger partial charge in [-0.1, -0.05) is 339 Å². The molecule has 5 heteroatoms. The minimum atomic E-state index is -0.286. The molecular formula is C104H78BN3S. The molecule has 18 aromatic rings. The topological polar surface area (TPSA) is 11.4 Å². The molecule has 2 aromatic heterocycles. The van der Waals surface area contributed by atoms with E-state index in [0.717, 1.165) is 112 Å². The standard InChI is InChI=1S/C104H78BN3S/c1-103(2,3)78-52-54-83-84-55-53-79(104(4,5)6)66-94(84)107(93(83)65-78)92-48-29-45-86(88-47-28-46-87-85-42-25-26-49-98(85)109-102(87)88)99(92)74-51-57-91-90(61-74)105-89-56-50-73(67-30-13-7-14-31-67)62-95(89)108(101-81(71-38-21-11-22-39-71)43-27-44-82(101)72-40-23-12-24-41-72)97-64-77(70-36-19-10-20-37-70)63-96(100(97)105)106(91)80-59-75(68-32-15-8-16-33-68)58-76(60-80)69-34-17-9-18-35-69/h7-66H,1-6H3. The zero-order chi connectivity index (χ0) is 73.2. The van der Waals surface area contributed by atoms with Crippen LogP contribution in [-0.4, -0.2) is 11.3 Å². The van der Waals surface area contributed by atoms with Crippen LogP contribution < -0.4 is 26.2 Å². The lowest BCUT2D eigenvalue weighted by Crippen LogP contribution is -2.61. The van der Waals surface area contributed by atoms with Gasteiger partial charge in [-0.2, -0.15) is 0 Å². The van der Waals surface area contributed by atoms with Crippen molar-refractivity contribution < 1.29 is 0 Å². The second-order valence-corrected chi connectivity index (χ2v) is 32.6. The van der Waals surface area contributed by atoms with Crippen molar-refractivity contribution in [3.05, 3.63) is 375 Å². The van der Waals surface area contributed by atoms with Crippen LogP contribution in [0.1, 0.15) is 52.7 Å². The third-order valence-electron chi connectivity index (χ3n) is 22.9. The lowest BCUT2D eigenvalue weighted by Gasteiger charge is -2.45. The van der Waals surface area contributed by atoms with E-state index in [9.17, 15) is 0 Å². The molecule has 0 radical (unpaired) electrons. The average molecular weight is 1410 g/mol. The maximum absolute atomic E-state index is 2.68. The van der Waals surface area contributed by atoms with Crippen molar-refractivity contribution in [1.82, 2.24) is 4.57 Å². The lowest BCUT2D eigenvalue weighted by molar-refractivity contribution is 0.591. The van der Waals surface area contributed by atoms with E-state index in [1.54, 1.807) is 0 Å². The predicted molar refractivity (Wildman–Crippen MR) is 469 cm³/mol. The zero-order valence-electron chi connectivity index (χ0n) is 62.0. The first-order valence-corrected chi connectivity index (χ1v) is 39.0. The highest BCUT2D eigenvalue weighted by atomic mass is 32.1. The first-order valence-electron chi connectivity index (χ1n) is 38.1. The normalized spacial score (nSPS) is 12.6. The van der Waals surface area contributed by atoms with Crippen LogP contribution in [0.2, 0.25) is 0 Å². The van der Waals surface area contributed by atoms with Crippen molar-refractivity contribution in [2.45, 2.75) is 52.4 Å². The monoisotopic (exact) mass is 1410 g/mol. The van der Waals surface area contributed by atoms with Gasteiger partial charge >= 0.3 is 0 Å². The molecule has 0 fully saturated rings. The molecule has 0 spiro atoms. The van der Waals surface area contributed by atoms with Crippen LogP contribution in [0.15, 0.2) is 364 Å². The number of fused-ring (bicyclic) bond motifs is 10. The first kappa shape index (κ1) is 65.7. The highest BCUT2D eigenvalue weighted by molar-refractivity contribution is 7.26. The number of rotatable bonds is 11. The van der Waals surface area contributed by atoms with E-state index < -0.39 is 0 Å². The molecule has 0 bridgehead atoms. The van der Waals surface area contributed by atoms with Gasteiger partial charge in [0.25, 0.3) is 6.71 Å². The Morgan fingerprint density at radius 2 is 0.716 bits per heavy atom. The summed E-state index contributed by atoms with van der Waals surface area (Å²) in [6.45, 7) is 13.8. The van der Waals surface area contributed by atoms with Gasteiger partial charge in [0.2, 0.25) is 0 Å². The Labute approximate surface area is 642 Å². The molecule has 0 amide bonds. The highest BCUT2D eigenvalue weighted by Crippen LogP contribution is 2.54. The van der Waals surface area contributed by atoms with Gasteiger partial charge in [0.15, 0.2) is 0 Å². The van der Waals surface area contributed by atoms with Crippen LogP contribution in [0.5, 0.6) is 0 Å². The molecule has 0 saturated carbocycles. The van der Waals surface area contributed by atoms with Crippen molar-refractivity contribution >= 4 is 111 Å². The number of anilines is 6. The molecule has 0 saturated heterocycles. The summed E-state index contributed by atoms with van der Waals surface area (Å²) in [5.74, 6) is 0. The third-order valence-corrected chi connectivity index (χ3v) is 24.1. The Hall–Kier alpha value is -12.8. The van der Waals surface area contributed by atoms with Gasteiger partial charge in [-0.25, -0.2) is 0 Å². The van der Waals surface area contributed by atoms with E-state index >= 15 is 0 Å². The molecule has 16 aromatic carbocycles. The zero-order valence-corrected chi connectivity index (χ0v) is 62.8. The minimum Gasteiger partial charge on any atom is -0.311 e. The number of hydrogen-bond donors (Lipinski definition) is 0. The van der Waals surface area contributed by atoms with Crippen LogP contribution in [0.25, 0.3) is 137 Å². The third kappa shape index (κ3) is 11.2. The average Bonchev–Trinajstić information content (AvgIpc) is 0.955. The van der Waals surface area contributed by atoms with Crippen molar-refractivity contribution in [3.63, 3.8) is 0 Å². The molecule has 0 atom stereocenters. The fraction of sp³-hybridized carbons (Fsp3) is 0.0769. The molecule has 0 unspecified atom stereocenters.